The smallest absolute Gasteiger partial charge is 0.243 e. The second-order valence-corrected chi connectivity index (χ2v) is 8.60. The Balaban J connectivity index is 1.54. The summed E-state index contributed by atoms with van der Waals surface area (Å²) in [5.41, 5.74) is 3.02. The quantitative estimate of drug-likeness (QED) is 0.534. The number of thiophene rings is 1. The second-order valence-electron chi connectivity index (χ2n) is 7.51. The molecule has 4 heterocycles. The van der Waals surface area contributed by atoms with E-state index in [1.807, 2.05) is 18.3 Å². The normalized spacial score (nSPS) is 12.9. The summed E-state index contributed by atoms with van der Waals surface area (Å²) in [5.74, 6) is 1.41. The molecule has 0 spiro atoms. The Morgan fingerprint density at radius 2 is 2.17 bits per heavy atom. The minimum Gasteiger partial charge on any atom is -0.347 e. The van der Waals surface area contributed by atoms with Gasteiger partial charge in [0.25, 0.3) is 0 Å². The summed E-state index contributed by atoms with van der Waals surface area (Å²) in [6, 6.07) is 3.85. The van der Waals surface area contributed by atoms with Crippen LogP contribution in [0.4, 0.5) is 11.5 Å². The molecule has 5 rings (SSSR count). The lowest BCUT2D eigenvalue weighted by Gasteiger charge is -2.10. The molecule has 9 heteroatoms. The molecule has 0 fully saturated rings. The molecule has 1 N–H and O–H groups in total. The number of nitrogens with zero attached hydrogens (tertiary/aromatic N) is 6. The van der Waals surface area contributed by atoms with Crippen molar-refractivity contribution in [2.45, 2.75) is 25.8 Å². The molecule has 0 bridgehead atoms. The van der Waals surface area contributed by atoms with Crippen molar-refractivity contribution in [3.63, 3.8) is 0 Å². The van der Waals surface area contributed by atoms with E-state index in [0.717, 1.165) is 40.1 Å². The Labute approximate surface area is 177 Å². The molecular weight excluding hydrogens is 398 g/mol. The Kier molecular flexibility index (Phi) is 4.66. The summed E-state index contributed by atoms with van der Waals surface area (Å²) in [4.78, 5) is 29.8. The van der Waals surface area contributed by atoms with Crippen LogP contribution in [0, 0.1) is 0 Å². The molecule has 0 unspecified atom stereocenters. The van der Waals surface area contributed by atoms with Crippen molar-refractivity contribution in [2.75, 3.05) is 19.4 Å². The molecule has 30 heavy (non-hydrogen) atoms. The number of carbonyl (C=O) groups excluding carboxylic acids is 1. The largest absolute Gasteiger partial charge is 0.347 e. The van der Waals surface area contributed by atoms with E-state index >= 15 is 0 Å². The van der Waals surface area contributed by atoms with Crippen molar-refractivity contribution in [3.8, 4) is 11.4 Å². The molecule has 1 amide bonds. The molecule has 0 atom stereocenters. The van der Waals surface area contributed by atoms with Crippen LogP contribution < -0.4 is 5.32 Å². The molecule has 0 aliphatic heterocycles. The highest BCUT2D eigenvalue weighted by Crippen LogP contribution is 2.41. The SMILES string of the molecule is CN(C)C(=O)Cn1cc(Nc2nc(-c3cccnc3)nc3sc4c(c23)CCC4)cn1. The number of pyridine rings is 1. The van der Waals surface area contributed by atoms with Crippen LogP contribution >= 0.6 is 11.3 Å². The monoisotopic (exact) mass is 419 g/mol. The summed E-state index contributed by atoms with van der Waals surface area (Å²) in [6.07, 6.45) is 10.4. The number of amides is 1. The van der Waals surface area contributed by atoms with Crippen LogP contribution in [-0.4, -0.2) is 49.6 Å². The first-order valence-electron chi connectivity index (χ1n) is 9.81. The first kappa shape index (κ1) is 18.7. The van der Waals surface area contributed by atoms with Gasteiger partial charge in [-0.25, -0.2) is 9.97 Å². The molecule has 0 aromatic carbocycles. The van der Waals surface area contributed by atoms with Gasteiger partial charge in [-0.1, -0.05) is 0 Å². The predicted octanol–water partition coefficient (Wildman–Crippen LogP) is 3.27. The van der Waals surface area contributed by atoms with E-state index in [0.29, 0.717) is 5.82 Å². The number of nitrogens with one attached hydrogen (secondary N) is 1. The van der Waals surface area contributed by atoms with Gasteiger partial charge in [-0.3, -0.25) is 14.5 Å². The molecule has 1 aliphatic rings. The lowest BCUT2D eigenvalue weighted by Crippen LogP contribution is -2.26. The summed E-state index contributed by atoms with van der Waals surface area (Å²) in [5, 5.41) is 8.83. The van der Waals surface area contributed by atoms with Gasteiger partial charge in [-0.2, -0.15) is 5.10 Å². The Bertz CT molecular complexity index is 1230. The highest BCUT2D eigenvalue weighted by atomic mass is 32.1. The molecule has 152 valence electrons. The average Bonchev–Trinajstić information content (AvgIpc) is 3.44. The Morgan fingerprint density at radius 1 is 1.27 bits per heavy atom. The summed E-state index contributed by atoms with van der Waals surface area (Å²) < 4.78 is 1.63. The number of hydrogen-bond donors (Lipinski definition) is 1. The van der Waals surface area contributed by atoms with Gasteiger partial charge < -0.3 is 10.2 Å². The topological polar surface area (TPSA) is 88.8 Å². The number of anilines is 2. The number of aromatic nitrogens is 5. The highest BCUT2D eigenvalue weighted by Gasteiger charge is 2.23. The van der Waals surface area contributed by atoms with Crippen LogP contribution in [0.3, 0.4) is 0 Å². The van der Waals surface area contributed by atoms with Crippen molar-refractivity contribution in [1.82, 2.24) is 29.6 Å². The van der Waals surface area contributed by atoms with Crippen LogP contribution in [0.2, 0.25) is 0 Å². The zero-order valence-electron chi connectivity index (χ0n) is 16.8. The number of aryl methyl sites for hydroxylation is 2. The fourth-order valence-corrected chi connectivity index (χ4v) is 4.90. The number of likely N-dealkylation sites (N-methyl/N-ethyl adjacent to an activating group) is 1. The van der Waals surface area contributed by atoms with Crippen LogP contribution in [0.5, 0.6) is 0 Å². The van der Waals surface area contributed by atoms with Crippen molar-refractivity contribution in [2.24, 2.45) is 0 Å². The summed E-state index contributed by atoms with van der Waals surface area (Å²) >= 11 is 1.75. The van der Waals surface area contributed by atoms with Gasteiger partial charge in [0.2, 0.25) is 5.91 Å². The van der Waals surface area contributed by atoms with Crippen molar-refractivity contribution in [1.29, 1.82) is 0 Å². The fraction of sp³-hybridized carbons (Fsp3) is 0.286. The minimum atomic E-state index is -0.0106. The zero-order chi connectivity index (χ0) is 20.7. The second kappa shape index (κ2) is 7.49. The zero-order valence-corrected chi connectivity index (χ0v) is 17.6. The molecular formula is C21H21N7OS. The van der Waals surface area contributed by atoms with Gasteiger partial charge >= 0.3 is 0 Å². The minimum absolute atomic E-state index is 0.0106. The van der Waals surface area contributed by atoms with Crippen LogP contribution in [-0.2, 0) is 24.2 Å². The van der Waals surface area contributed by atoms with Crippen molar-refractivity contribution < 1.29 is 4.79 Å². The highest BCUT2D eigenvalue weighted by molar-refractivity contribution is 7.19. The van der Waals surface area contributed by atoms with E-state index in [1.54, 1.807) is 53.6 Å². The maximum atomic E-state index is 12.0. The van der Waals surface area contributed by atoms with Gasteiger partial charge in [-0.15, -0.1) is 11.3 Å². The molecule has 1 aliphatic carbocycles. The van der Waals surface area contributed by atoms with Crippen LogP contribution in [0.15, 0.2) is 36.9 Å². The van der Waals surface area contributed by atoms with E-state index in [9.17, 15) is 4.79 Å². The molecule has 0 radical (unpaired) electrons. The Hall–Kier alpha value is -3.33. The average molecular weight is 420 g/mol. The van der Waals surface area contributed by atoms with Crippen molar-refractivity contribution in [3.05, 3.63) is 47.4 Å². The van der Waals surface area contributed by atoms with Crippen LogP contribution in [0.25, 0.3) is 21.6 Å². The lowest BCUT2D eigenvalue weighted by atomic mass is 10.2. The van der Waals surface area contributed by atoms with E-state index in [2.05, 4.69) is 15.4 Å². The van der Waals surface area contributed by atoms with Gasteiger partial charge in [0, 0.05) is 43.1 Å². The van der Waals surface area contributed by atoms with E-state index in [-0.39, 0.29) is 12.5 Å². The van der Waals surface area contributed by atoms with Crippen molar-refractivity contribution >= 4 is 39.0 Å². The molecule has 4 aromatic heterocycles. The number of hydrogen-bond acceptors (Lipinski definition) is 7. The molecule has 8 nitrogen and oxygen atoms in total. The molecule has 0 saturated carbocycles. The van der Waals surface area contributed by atoms with Gasteiger partial charge in [-0.05, 0) is 37.0 Å². The van der Waals surface area contributed by atoms with Gasteiger partial charge in [0.1, 0.15) is 17.2 Å². The predicted molar refractivity (Wildman–Crippen MR) is 117 cm³/mol. The first-order valence-corrected chi connectivity index (χ1v) is 10.6. The van der Waals surface area contributed by atoms with E-state index in [1.165, 1.54) is 16.9 Å². The summed E-state index contributed by atoms with van der Waals surface area (Å²) in [6.45, 7) is 0.197. The van der Waals surface area contributed by atoms with Crippen LogP contribution in [0.1, 0.15) is 16.9 Å². The third-order valence-corrected chi connectivity index (χ3v) is 6.36. The molecule has 0 saturated heterocycles. The summed E-state index contributed by atoms with van der Waals surface area (Å²) in [7, 11) is 3.47. The fourth-order valence-electron chi connectivity index (χ4n) is 3.64. The van der Waals surface area contributed by atoms with E-state index in [4.69, 9.17) is 9.97 Å². The number of carbonyl (C=O) groups is 1. The Morgan fingerprint density at radius 3 is 2.97 bits per heavy atom. The lowest BCUT2D eigenvalue weighted by molar-refractivity contribution is -0.129. The number of fused-ring (bicyclic) bond motifs is 3. The third kappa shape index (κ3) is 3.41. The molecule has 4 aromatic rings. The first-order chi connectivity index (χ1) is 14.6. The maximum absolute atomic E-state index is 12.0. The standard InChI is InChI=1S/C21H21N7OS/c1-27(2)17(29)12-28-11-14(10-23-28)24-20-18-15-6-3-7-16(15)30-21(18)26-19(25-20)13-5-4-8-22-9-13/h4-5,8-11H,3,6-7,12H2,1-2H3,(H,24,25,26). The third-order valence-electron chi connectivity index (χ3n) is 5.18. The van der Waals surface area contributed by atoms with Gasteiger partial charge in [0.15, 0.2) is 5.82 Å². The van der Waals surface area contributed by atoms with Gasteiger partial charge in [0.05, 0.1) is 17.3 Å². The van der Waals surface area contributed by atoms with E-state index < -0.39 is 0 Å². The maximum Gasteiger partial charge on any atom is 0.243 e. The number of rotatable bonds is 5.